The lowest BCUT2D eigenvalue weighted by Crippen LogP contribution is -2.39. The number of nitrogens with zero attached hydrogens (tertiary/aromatic N) is 4. The van der Waals surface area contributed by atoms with E-state index in [1.807, 2.05) is 24.1 Å². The molecule has 126 valence electrons. The van der Waals surface area contributed by atoms with Crippen LogP contribution in [0.5, 0.6) is 0 Å². The van der Waals surface area contributed by atoms with Crippen LogP contribution in [0.25, 0.3) is 0 Å². The minimum atomic E-state index is 0.0175. The topological polar surface area (TPSA) is 71.0 Å². The van der Waals surface area contributed by atoms with Gasteiger partial charge < -0.3 is 10.2 Å². The lowest BCUT2D eigenvalue weighted by Gasteiger charge is -2.32. The van der Waals surface area contributed by atoms with Crippen LogP contribution < -0.4 is 5.32 Å². The van der Waals surface area contributed by atoms with Crippen molar-refractivity contribution in [3.63, 3.8) is 0 Å². The van der Waals surface area contributed by atoms with Gasteiger partial charge in [0.15, 0.2) is 5.13 Å². The summed E-state index contributed by atoms with van der Waals surface area (Å²) in [6, 6.07) is 1.96. The minimum absolute atomic E-state index is 0.0175. The van der Waals surface area contributed by atoms with E-state index in [0.29, 0.717) is 5.92 Å². The highest BCUT2D eigenvalue weighted by Crippen LogP contribution is 2.23. The fraction of sp³-hybridized carbons (Fsp3) is 0.412. The number of piperidine rings is 1. The molecule has 0 bridgehead atoms. The summed E-state index contributed by atoms with van der Waals surface area (Å²) in [4.78, 5) is 27.7. The van der Waals surface area contributed by atoms with Gasteiger partial charge in [0.25, 0.3) is 0 Å². The summed E-state index contributed by atoms with van der Waals surface area (Å²) in [5, 5.41) is 4.05. The smallest absolute Gasteiger partial charge is 0.245 e. The molecule has 0 aromatic carbocycles. The normalized spacial score (nSPS) is 17.5. The maximum Gasteiger partial charge on any atom is 0.245 e. The lowest BCUT2D eigenvalue weighted by molar-refractivity contribution is -0.127. The Morgan fingerprint density at radius 2 is 2.38 bits per heavy atom. The molecule has 1 aliphatic heterocycles. The molecule has 0 aliphatic carbocycles. The summed E-state index contributed by atoms with van der Waals surface area (Å²) in [6.45, 7) is 7.18. The van der Waals surface area contributed by atoms with E-state index in [9.17, 15) is 4.79 Å². The number of carbonyl (C=O) groups excluding carboxylic acids is 1. The lowest BCUT2D eigenvalue weighted by atomic mass is 9.93. The number of hydrogen-bond acceptors (Lipinski definition) is 6. The summed E-state index contributed by atoms with van der Waals surface area (Å²) < 4.78 is 0. The second kappa shape index (κ2) is 7.53. The predicted octanol–water partition coefficient (Wildman–Crippen LogP) is 2.95. The maximum absolute atomic E-state index is 11.8. The third kappa shape index (κ3) is 4.17. The average Bonchev–Trinajstić information content (AvgIpc) is 2.99. The van der Waals surface area contributed by atoms with E-state index in [4.69, 9.17) is 0 Å². The van der Waals surface area contributed by atoms with Crippen LogP contribution in [0.3, 0.4) is 0 Å². The van der Waals surface area contributed by atoms with Crippen molar-refractivity contribution in [2.75, 3.05) is 18.4 Å². The number of nitrogens with one attached hydrogen (secondary N) is 1. The predicted molar refractivity (Wildman–Crippen MR) is 95.4 cm³/mol. The maximum atomic E-state index is 11.8. The van der Waals surface area contributed by atoms with Gasteiger partial charge in [-0.2, -0.15) is 0 Å². The second-order valence-electron chi connectivity index (χ2n) is 6.00. The third-order valence-electron chi connectivity index (χ3n) is 4.08. The highest BCUT2D eigenvalue weighted by atomic mass is 32.1. The van der Waals surface area contributed by atoms with E-state index >= 15 is 0 Å². The monoisotopic (exact) mass is 343 g/mol. The molecule has 0 saturated carbocycles. The number of amides is 1. The van der Waals surface area contributed by atoms with Crippen molar-refractivity contribution in [2.45, 2.75) is 26.2 Å². The number of rotatable bonds is 5. The third-order valence-corrected chi connectivity index (χ3v) is 4.91. The van der Waals surface area contributed by atoms with Gasteiger partial charge in [0.2, 0.25) is 5.91 Å². The first kappa shape index (κ1) is 16.6. The molecule has 0 spiro atoms. The van der Waals surface area contributed by atoms with E-state index in [-0.39, 0.29) is 5.91 Å². The van der Waals surface area contributed by atoms with Crippen molar-refractivity contribution < 1.29 is 4.79 Å². The van der Waals surface area contributed by atoms with Crippen molar-refractivity contribution in [1.82, 2.24) is 19.9 Å². The minimum Gasteiger partial charge on any atom is -0.339 e. The Morgan fingerprint density at radius 1 is 1.50 bits per heavy atom. The van der Waals surface area contributed by atoms with Gasteiger partial charge in [-0.25, -0.2) is 15.0 Å². The molecule has 1 saturated heterocycles. The number of aromatic nitrogens is 3. The average molecular weight is 343 g/mol. The summed E-state index contributed by atoms with van der Waals surface area (Å²) in [7, 11) is 0. The molecule has 24 heavy (non-hydrogen) atoms. The number of carbonyl (C=O) groups is 1. The molecule has 6 nitrogen and oxygen atoms in total. The fourth-order valence-electron chi connectivity index (χ4n) is 2.96. The molecule has 1 amide bonds. The molecule has 1 fully saturated rings. The summed E-state index contributed by atoms with van der Waals surface area (Å²) in [5.74, 6) is 1.19. The van der Waals surface area contributed by atoms with E-state index in [1.165, 1.54) is 6.08 Å². The Bertz CT molecular complexity index is 729. The first-order valence-corrected chi connectivity index (χ1v) is 8.87. The van der Waals surface area contributed by atoms with Gasteiger partial charge in [-0.1, -0.05) is 6.58 Å². The van der Waals surface area contributed by atoms with E-state index in [0.717, 1.165) is 53.9 Å². The zero-order chi connectivity index (χ0) is 16.9. The number of thiazole rings is 1. The van der Waals surface area contributed by atoms with Crippen LogP contribution in [-0.4, -0.2) is 38.8 Å². The molecule has 3 heterocycles. The Balaban J connectivity index is 1.63. The van der Waals surface area contributed by atoms with Gasteiger partial charge in [0, 0.05) is 35.9 Å². The molecule has 7 heteroatoms. The van der Waals surface area contributed by atoms with Crippen molar-refractivity contribution in [1.29, 1.82) is 0 Å². The number of likely N-dealkylation sites (tertiary alicyclic amines) is 1. The molecule has 1 N–H and O–H groups in total. The first-order chi connectivity index (χ1) is 11.6. The van der Waals surface area contributed by atoms with Crippen LogP contribution in [0, 0.1) is 12.8 Å². The fourth-order valence-corrected chi connectivity index (χ4v) is 3.63. The van der Waals surface area contributed by atoms with Crippen LogP contribution in [0.2, 0.25) is 0 Å². The second-order valence-corrected chi connectivity index (χ2v) is 7.23. The molecular weight excluding hydrogens is 322 g/mol. The molecule has 0 radical (unpaired) electrons. The highest BCUT2D eigenvalue weighted by molar-refractivity contribution is 7.15. The molecular formula is C17H21N5OS. The van der Waals surface area contributed by atoms with Gasteiger partial charge in [0.1, 0.15) is 12.1 Å². The summed E-state index contributed by atoms with van der Waals surface area (Å²) >= 11 is 1.59. The van der Waals surface area contributed by atoms with Crippen molar-refractivity contribution in [3.8, 4) is 0 Å². The Kier molecular flexibility index (Phi) is 5.20. The summed E-state index contributed by atoms with van der Waals surface area (Å²) in [5.41, 5.74) is 0.985. The van der Waals surface area contributed by atoms with Gasteiger partial charge in [-0.05, 0) is 38.2 Å². The van der Waals surface area contributed by atoms with Crippen LogP contribution in [0.15, 0.2) is 31.2 Å². The zero-order valence-corrected chi connectivity index (χ0v) is 14.6. The Hall–Kier alpha value is -2.28. The van der Waals surface area contributed by atoms with Crippen LogP contribution >= 0.6 is 11.3 Å². The van der Waals surface area contributed by atoms with Gasteiger partial charge in [-0.15, -0.1) is 11.3 Å². The molecule has 1 atom stereocenters. The summed E-state index contributed by atoms with van der Waals surface area (Å²) in [6.07, 6.45) is 7.79. The largest absolute Gasteiger partial charge is 0.339 e. The number of hydrogen-bond donors (Lipinski definition) is 1. The van der Waals surface area contributed by atoms with Crippen molar-refractivity contribution >= 4 is 28.2 Å². The van der Waals surface area contributed by atoms with Crippen molar-refractivity contribution in [3.05, 3.63) is 41.8 Å². The first-order valence-electron chi connectivity index (χ1n) is 8.06. The molecule has 1 aliphatic rings. The van der Waals surface area contributed by atoms with Gasteiger partial charge in [-0.3, -0.25) is 4.79 Å². The molecule has 3 rings (SSSR count). The van der Waals surface area contributed by atoms with Gasteiger partial charge >= 0.3 is 0 Å². The van der Waals surface area contributed by atoms with Gasteiger partial charge in [0.05, 0.1) is 0 Å². The molecule has 1 unspecified atom stereocenters. The Labute approximate surface area is 145 Å². The number of aryl methyl sites for hydroxylation is 1. The zero-order valence-electron chi connectivity index (χ0n) is 13.7. The molecule has 2 aromatic heterocycles. The van der Waals surface area contributed by atoms with E-state index < -0.39 is 0 Å². The quantitative estimate of drug-likeness (QED) is 0.845. The Morgan fingerprint density at radius 3 is 3.12 bits per heavy atom. The van der Waals surface area contributed by atoms with Crippen LogP contribution in [0.1, 0.15) is 23.4 Å². The molecule has 2 aromatic rings. The SMILES string of the molecule is C=CC(=O)N1CCCC(Cc2cc(Nc3ncc(C)s3)ncn2)C1. The number of anilines is 2. The van der Waals surface area contributed by atoms with E-state index in [1.54, 1.807) is 17.7 Å². The van der Waals surface area contributed by atoms with Crippen LogP contribution in [-0.2, 0) is 11.2 Å². The standard InChI is InChI=1S/C17H21N5OS/c1-3-16(23)22-6-4-5-13(10-22)7-14-8-15(20-11-19-14)21-17-18-9-12(2)24-17/h3,8-9,11,13H,1,4-7,10H2,2H3,(H,18,19,20,21). The van der Waals surface area contributed by atoms with Crippen LogP contribution in [0.4, 0.5) is 10.9 Å². The van der Waals surface area contributed by atoms with Crippen molar-refractivity contribution in [2.24, 2.45) is 5.92 Å². The van der Waals surface area contributed by atoms with E-state index in [2.05, 4.69) is 26.8 Å². The highest BCUT2D eigenvalue weighted by Gasteiger charge is 2.22.